The molecule has 3 heteroatoms. The first-order valence-electron chi connectivity index (χ1n) is 3.32. The van der Waals surface area contributed by atoms with Crippen LogP contribution in [0.3, 0.4) is 0 Å². The Hall–Kier alpha value is -1.95. The van der Waals surface area contributed by atoms with Gasteiger partial charge in [0, 0.05) is 6.08 Å². The fraction of sp³-hybridized carbons (Fsp3) is 0. The average molecular weight is 161 g/mol. The highest BCUT2D eigenvalue weighted by Crippen LogP contribution is 2.25. The Kier molecular flexibility index (Phi) is 2.34. The number of phenolic OH excluding ortho intramolecular Hbond substituents is 2. The lowest BCUT2D eigenvalue weighted by Gasteiger charge is -1.97. The first-order valence-corrected chi connectivity index (χ1v) is 3.32. The number of benzene rings is 1. The lowest BCUT2D eigenvalue weighted by molar-refractivity contribution is 0.403. The van der Waals surface area contributed by atoms with E-state index < -0.39 is 0 Å². The molecule has 0 bridgehead atoms. The van der Waals surface area contributed by atoms with Gasteiger partial charge < -0.3 is 10.2 Å². The third-order valence-electron chi connectivity index (χ3n) is 1.35. The number of nitrogens with zero attached hydrogens (tertiary/aromatic N) is 1. The second-order valence-electron chi connectivity index (χ2n) is 2.21. The highest BCUT2D eigenvalue weighted by Gasteiger charge is 1.96. The Labute approximate surface area is 69.8 Å². The Morgan fingerprint density at radius 2 is 2.00 bits per heavy atom. The zero-order valence-electron chi connectivity index (χ0n) is 6.23. The summed E-state index contributed by atoms with van der Waals surface area (Å²) in [5.74, 6) is -0.348. The number of rotatable bonds is 1. The van der Waals surface area contributed by atoms with E-state index in [0.29, 0.717) is 5.56 Å². The molecule has 0 aliphatic rings. The maximum absolute atomic E-state index is 9.03. The molecule has 0 spiro atoms. The van der Waals surface area contributed by atoms with Crippen molar-refractivity contribution in [2.75, 3.05) is 0 Å². The molecule has 0 aliphatic heterocycles. The molecule has 0 aromatic heterocycles. The van der Waals surface area contributed by atoms with Crippen LogP contribution in [0.1, 0.15) is 5.56 Å². The molecule has 0 amide bonds. The normalized spacial score (nSPS) is 9.92. The van der Waals surface area contributed by atoms with E-state index in [1.54, 1.807) is 12.1 Å². The fourth-order valence-electron chi connectivity index (χ4n) is 0.778. The molecule has 0 atom stereocenters. The number of hydrogen-bond acceptors (Lipinski definition) is 3. The Morgan fingerprint density at radius 1 is 1.25 bits per heavy atom. The zero-order valence-corrected chi connectivity index (χ0v) is 6.23. The monoisotopic (exact) mass is 161 g/mol. The molecule has 0 heterocycles. The number of nitriles is 1. The van der Waals surface area contributed by atoms with Crippen LogP contribution in [0, 0.1) is 11.3 Å². The number of aromatic hydroxyl groups is 2. The van der Waals surface area contributed by atoms with Crippen LogP contribution < -0.4 is 0 Å². The molecule has 3 nitrogen and oxygen atoms in total. The quantitative estimate of drug-likeness (QED) is 0.486. The van der Waals surface area contributed by atoms with E-state index in [1.165, 1.54) is 18.2 Å². The van der Waals surface area contributed by atoms with Gasteiger partial charge in [0.05, 0.1) is 6.07 Å². The molecule has 1 aromatic carbocycles. The van der Waals surface area contributed by atoms with Crippen molar-refractivity contribution >= 4 is 6.08 Å². The minimum absolute atomic E-state index is 0.163. The minimum Gasteiger partial charge on any atom is -0.504 e. The second kappa shape index (κ2) is 3.44. The van der Waals surface area contributed by atoms with Crippen LogP contribution in [0.15, 0.2) is 24.3 Å². The molecule has 0 saturated carbocycles. The predicted molar refractivity (Wildman–Crippen MR) is 44.4 cm³/mol. The van der Waals surface area contributed by atoms with Crippen LogP contribution in [0.2, 0.25) is 0 Å². The highest BCUT2D eigenvalue weighted by molar-refractivity contribution is 5.56. The van der Waals surface area contributed by atoms with Gasteiger partial charge in [-0.3, -0.25) is 0 Å². The van der Waals surface area contributed by atoms with Gasteiger partial charge in [0.1, 0.15) is 0 Å². The van der Waals surface area contributed by atoms with Gasteiger partial charge in [0.15, 0.2) is 11.5 Å². The molecule has 60 valence electrons. The van der Waals surface area contributed by atoms with Crippen LogP contribution in [-0.4, -0.2) is 10.2 Å². The molecule has 0 radical (unpaired) electrons. The van der Waals surface area contributed by atoms with Gasteiger partial charge in [0.2, 0.25) is 0 Å². The molecular weight excluding hydrogens is 154 g/mol. The van der Waals surface area contributed by atoms with Gasteiger partial charge in [-0.05, 0) is 23.8 Å². The van der Waals surface area contributed by atoms with Crippen LogP contribution in [0.5, 0.6) is 11.5 Å². The van der Waals surface area contributed by atoms with Crippen molar-refractivity contribution in [1.29, 1.82) is 5.26 Å². The van der Waals surface area contributed by atoms with Crippen LogP contribution >= 0.6 is 0 Å². The molecule has 0 saturated heterocycles. The highest BCUT2D eigenvalue weighted by atomic mass is 16.3. The topological polar surface area (TPSA) is 64.2 Å². The van der Waals surface area contributed by atoms with Crippen molar-refractivity contribution in [2.24, 2.45) is 0 Å². The maximum atomic E-state index is 9.03. The number of phenols is 2. The van der Waals surface area contributed by atoms with Crippen molar-refractivity contribution in [3.05, 3.63) is 29.8 Å². The van der Waals surface area contributed by atoms with Gasteiger partial charge in [-0.15, -0.1) is 0 Å². The van der Waals surface area contributed by atoms with E-state index in [1.807, 2.05) is 6.07 Å². The summed E-state index contributed by atoms with van der Waals surface area (Å²) in [6.45, 7) is 0. The maximum Gasteiger partial charge on any atom is 0.157 e. The summed E-state index contributed by atoms with van der Waals surface area (Å²) in [4.78, 5) is 0. The average Bonchev–Trinajstić information content (AvgIpc) is 2.07. The Bertz CT molecular complexity index is 350. The molecule has 1 rings (SSSR count). The van der Waals surface area contributed by atoms with Crippen molar-refractivity contribution in [2.45, 2.75) is 0 Å². The predicted octanol–water partition coefficient (Wildman–Crippen LogP) is 1.63. The Balaban J connectivity index is 2.99. The van der Waals surface area contributed by atoms with Gasteiger partial charge in [-0.25, -0.2) is 0 Å². The minimum atomic E-state index is -0.185. The summed E-state index contributed by atoms with van der Waals surface area (Å²) in [5, 5.41) is 26.2. The van der Waals surface area contributed by atoms with E-state index in [4.69, 9.17) is 15.5 Å². The number of hydrogen-bond donors (Lipinski definition) is 2. The SMILES string of the molecule is N#CC=Cc1ccc(O)c(O)c1. The first kappa shape index (κ1) is 8.15. The van der Waals surface area contributed by atoms with Gasteiger partial charge in [-0.2, -0.15) is 5.26 Å². The van der Waals surface area contributed by atoms with E-state index in [0.717, 1.165) is 0 Å². The van der Waals surface area contributed by atoms with Crippen LogP contribution in [0.4, 0.5) is 0 Å². The standard InChI is InChI=1S/C9H7NO2/c10-5-1-2-7-3-4-8(11)9(12)6-7/h1-4,6,11-12H. The van der Waals surface area contributed by atoms with Crippen LogP contribution in [-0.2, 0) is 0 Å². The zero-order chi connectivity index (χ0) is 8.97. The van der Waals surface area contributed by atoms with Crippen molar-refractivity contribution in [3.8, 4) is 17.6 Å². The summed E-state index contributed by atoms with van der Waals surface area (Å²) < 4.78 is 0. The lowest BCUT2D eigenvalue weighted by Crippen LogP contribution is -1.72. The van der Waals surface area contributed by atoms with Crippen molar-refractivity contribution < 1.29 is 10.2 Å². The molecular formula is C9H7NO2. The van der Waals surface area contributed by atoms with Crippen LogP contribution in [0.25, 0.3) is 6.08 Å². The third-order valence-corrected chi connectivity index (χ3v) is 1.35. The second-order valence-corrected chi connectivity index (χ2v) is 2.21. The Morgan fingerprint density at radius 3 is 2.58 bits per heavy atom. The molecule has 0 fully saturated rings. The molecule has 0 unspecified atom stereocenters. The number of allylic oxidation sites excluding steroid dienone is 1. The van der Waals surface area contributed by atoms with Crippen molar-refractivity contribution in [1.82, 2.24) is 0 Å². The third kappa shape index (κ3) is 1.77. The van der Waals surface area contributed by atoms with E-state index in [9.17, 15) is 0 Å². The first-order chi connectivity index (χ1) is 5.74. The summed E-state index contributed by atoms with van der Waals surface area (Å²) in [6, 6.07) is 6.17. The molecule has 1 aromatic rings. The van der Waals surface area contributed by atoms with Crippen molar-refractivity contribution in [3.63, 3.8) is 0 Å². The van der Waals surface area contributed by atoms with Gasteiger partial charge in [0.25, 0.3) is 0 Å². The van der Waals surface area contributed by atoms with E-state index in [-0.39, 0.29) is 11.5 Å². The van der Waals surface area contributed by atoms with Gasteiger partial charge in [-0.1, -0.05) is 6.07 Å². The largest absolute Gasteiger partial charge is 0.504 e. The summed E-state index contributed by atoms with van der Waals surface area (Å²) >= 11 is 0. The smallest absolute Gasteiger partial charge is 0.157 e. The molecule has 2 N–H and O–H groups in total. The summed E-state index contributed by atoms with van der Waals surface area (Å²) in [7, 11) is 0. The molecule has 0 aliphatic carbocycles. The summed E-state index contributed by atoms with van der Waals surface area (Å²) in [6.07, 6.45) is 2.84. The fourth-order valence-corrected chi connectivity index (χ4v) is 0.778. The van der Waals surface area contributed by atoms with E-state index in [2.05, 4.69) is 0 Å². The lowest BCUT2D eigenvalue weighted by atomic mass is 10.2. The van der Waals surface area contributed by atoms with Gasteiger partial charge >= 0.3 is 0 Å². The van der Waals surface area contributed by atoms with E-state index >= 15 is 0 Å². The summed E-state index contributed by atoms with van der Waals surface area (Å²) in [5.41, 5.74) is 0.673. The molecule has 12 heavy (non-hydrogen) atoms.